The molecule has 4 aromatic rings. The van der Waals surface area contributed by atoms with E-state index < -0.39 is 34.6 Å². The molecule has 15 heteroatoms. The molecule has 0 spiro atoms. The van der Waals surface area contributed by atoms with Gasteiger partial charge in [0.15, 0.2) is 0 Å². The van der Waals surface area contributed by atoms with Crippen LogP contribution < -0.4 is 9.47 Å². The first kappa shape index (κ1) is 47.8. The number of oxime groups is 1. The topological polar surface area (TPSA) is 175 Å². The van der Waals surface area contributed by atoms with Crippen LogP contribution in [0.15, 0.2) is 114 Å². The number of aromatic nitrogens is 1. The molecule has 1 saturated carbocycles. The second kappa shape index (κ2) is 22.4. The van der Waals surface area contributed by atoms with E-state index in [1.807, 2.05) is 43.3 Å². The molecule has 2 N–H and O–H groups in total. The largest absolute Gasteiger partial charge is 0.487 e. The molecule has 7 rings (SSSR count). The fourth-order valence-corrected chi connectivity index (χ4v) is 9.77. The highest BCUT2D eigenvalue weighted by Gasteiger charge is 2.65. The van der Waals surface area contributed by atoms with Crippen LogP contribution in [-0.4, -0.2) is 75.1 Å². The zero-order valence-electron chi connectivity index (χ0n) is 37.6. The standard InChI is InChI=1S/C51H59FN4O10/c1-4-27-64-51-47(55(50(59)62-5-2)31-35-15-19-38(52)20-16-35)30-45(54-65-32-36-17-21-40(22-18-36)56(60)61)43-28-37(12-6-8-25-57)42(14-7-9-26-58)48(49(43)51)44-29-41(23-24-46(44)66-51)63-33-39-13-10-11-34(3)53-39/h4,10-11,13,15-24,28-29,37,42,47-49,57-58H,1,5-9,12,14,25-27,30-33H2,2-3H3/t37-,42+,47-,48+,49+,51+/m0/s1. The highest BCUT2D eigenvalue weighted by molar-refractivity contribution is 6.03. The van der Waals surface area contributed by atoms with Crippen LogP contribution in [0.1, 0.15) is 85.9 Å². The van der Waals surface area contributed by atoms with Gasteiger partial charge in [0.1, 0.15) is 36.6 Å². The predicted octanol–water partition coefficient (Wildman–Crippen LogP) is 9.51. The van der Waals surface area contributed by atoms with Crippen molar-refractivity contribution >= 4 is 17.5 Å². The molecule has 0 unspecified atom stereocenters. The number of halogens is 1. The minimum atomic E-state index is -1.57. The van der Waals surface area contributed by atoms with Crippen LogP contribution in [0.25, 0.3) is 0 Å². The Kier molecular flexibility index (Phi) is 16.2. The van der Waals surface area contributed by atoms with Crippen molar-refractivity contribution in [3.8, 4) is 11.5 Å². The van der Waals surface area contributed by atoms with Crippen LogP contribution in [0.2, 0.25) is 0 Å². The molecule has 3 aromatic carbocycles. The maximum atomic E-state index is 14.5. The van der Waals surface area contributed by atoms with Crippen LogP contribution >= 0.6 is 0 Å². The van der Waals surface area contributed by atoms with Crippen LogP contribution in [0.3, 0.4) is 0 Å². The summed E-state index contributed by atoms with van der Waals surface area (Å²) in [5.41, 5.74) is 5.17. The van der Waals surface area contributed by atoms with Crippen molar-refractivity contribution in [2.75, 3.05) is 26.4 Å². The summed E-state index contributed by atoms with van der Waals surface area (Å²) in [4.78, 5) is 37.7. The lowest BCUT2D eigenvalue weighted by Crippen LogP contribution is -2.70. The zero-order chi connectivity index (χ0) is 46.6. The van der Waals surface area contributed by atoms with E-state index in [2.05, 4.69) is 17.6 Å². The van der Waals surface area contributed by atoms with Gasteiger partial charge in [0, 0.05) is 55.5 Å². The van der Waals surface area contributed by atoms with E-state index >= 15 is 0 Å². The number of pyridine rings is 1. The predicted molar refractivity (Wildman–Crippen MR) is 245 cm³/mol. The summed E-state index contributed by atoms with van der Waals surface area (Å²) in [7, 11) is 0. The molecule has 6 atom stereocenters. The van der Waals surface area contributed by atoms with E-state index in [0.29, 0.717) is 41.2 Å². The molecule has 0 radical (unpaired) electrons. The Morgan fingerprint density at radius 1 is 1.02 bits per heavy atom. The third-order valence-corrected chi connectivity index (χ3v) is 12.7. The highest BCUT2D eigenvalue weighted by atomic mass is 19.1. The molecule has 2 aliphatic carbocycles. The van der Waals surface area contributed by atoms with Gasteiger partial charge in [-0.1, -0.05) is 48.3 Å². The summed E-state index contributed by atoms with van der Waals surface area (Å²) in [5, 5.41) is 36.2. The van der Waals surface area contributed by atoms with E-state index in [9.17, 15) is 29.5 Å². The van der Waals surface area contributed by atoms with Crippen molar-refractivity contribution < 1.29 is 48.1 Å². The average Bonchev–Trinajstić information content (AvgIpc) is 3.31. The maximum Gasteiger partial charge on any atom is 0.410 e. The number of hydrogen-bond acceptors (Lipinski definition) is 12. The molecule has 1 amide bonds. The van der Waals surface area contributed by atoms with Gasteiger partial charge in [-0.25, -0.2) is 9.18 Å². The molecule has 1 aromatic heterocycles. The summed E-state index contributed by atoms with van der Waals surface area (Å²) in [6.07, 6.45) is 7.53. The summed E-state index contributed by atoms with van der Waals surface area (Å²) in [6.45, 7) is 8.14. The Morgan fingerprint density at radius 2 is 1.76 bits per heavy atom. The second-order valence-electron chi connectivity index (χ2n) is 17.0. The number of aliphatic hydroxyl groups excluding tert-OH is 2. The van der Waals surface area contributed by atoms with E-state index in [1.54, 1.807) is 42.2 Å². The number of rotatable bonds is 22. The molecule has 350 valence electrons. The number of nitro benzene ring substituents is 1. The minimum Gasteiger partial charge on any atom is -0.487 e. The first-order valence-electron chi connectivity index (χ1n) is 22.8. The summed E-state index contributed by atoms with van der Waals surface area (Å²) in [6, 6.07) is 22.6. The molecule has 3 aliphatic rings. The van der Waals surface area contributed by atoms with E-state index in [4.69, 9.17) is 28.9 Å². The van der Waals surface area contributed by atoms with Crippen LogP contribution in [-0.2, 0) is 34.1 Å². The van der Waals surface area contributed by atoms with Gasteiger partial charge in [0.25, 0.3) is 5.69 Å². The lowest BCUT2D eigenvalue weighted by atomic mass is 9.55. The Labute approximate surface area is 384 Å². The molecule has 14 nitrogen and oxygen atoms in total. The molecular formula is C51H59FN4O10. The van der Waals surface area contributed by atoms with Gasteiger partial charge in [0.05, 0.1) is 35.5 Å². The molecule has 0 saturated heterocycles. The third-order valence-electron chi connectivity index (χ3n) is 12.7. The number of unbranched alkanes of at least 4 members (excludes halogenated alkanes) is 2. The average molecular weight is 907 g/mol. The van der Waals surface area contributed by atoms with E-state index in [-0.39, 0.29) is 76.0 Å². The van der Waals surface area contributed by atoms with Gasteiger partial charge in [-0.05, 0) is 123 Å². The molecular weight excluding hydrogens is 848 g/mol. The lowest BCUT2D eigenvalue weighted by molar-refractivity contribution is -0.384. The monoisotopic (exact) mass is 906 g/mol. The number of amides is 1. The van der Waals surface area contributed by atoms with Gasteiger partial charge in [-0.2, -0.15) is 0 Å². The van der Waals surface area contributed by atoms with Gasteiger partial charge >= 0.3 is 6.09 Å². The van der Waals surface area contributed by atoms with Crippen molar-refractivity contribution in [1.29, 1.82) is 0 Å². The van der Waals surface area contributed by atoms with Gasteiger partial charge in [-0.3, -0.25) is 20.0 Å². The molecule has 2 heterocycles. The molecule has 1 fully saturated rings. The van der Waals surface area contributed by atoms with Crippen molar-refractivity contribution in [3.05, 3.63) is 153 Å². The van der Waals surface area contributed by atoms with Gasteiger partial charge in [0.2, 0.25) is 5.79 Å². The number of aliphatic hydroxyl groups is 2. The van der Waals surface area contributed by atoms with Crippen LogP contribution in [0, 0.1) is 40.6 Å². The first-order chi connectivity index (χ1) is 32.1. The number of benzene rings is 3. The summed E-state index contributed by atoms with van der Waals surface area (Å²) >= 11 is 0. The van der Waals surface area contributed by atoms with Crippen molar-refractivity contribution in [3.63, 3.8) is 0 Å². The normalized spacial score (nSPS) is 22.3. The smallest absolute Gasteiger partial charge is 0.410 e. The number of hydrogen-bond donors (Lipinski definition) is 2. The van der Waals surface area contributed by atoms with Gasteiger partial charge < -0.3 is 34.0 Å². The van der Waals surface area contributed by atoms with E-state index in [0.717, 1.165) is 48.2 Å². The zero-order valence-corrected chi connectivity index (χ0v) is 37.6. The Bertz CT molecular complexity index is 2360. The van der Waals surface area contributed by atoms with Crippen LogP contribution in [0.5, 0.6) is 11.5 Å². The number of nitrogens with zero attached hydrogens (tertiary/aromatic N) is 4. The number of carbonyl (C=O) groups is 1. The van der Waals surface area contributed by atoms with Crippen molar-refractivity contribution in [2.24, 2.45) is 22.9 Å². The Morgan fingerprint density at radius 3 is 2.45 bits per heavy atom. The van der Waals surface area contributed by atoms with Crippen molar-refractivity contribution in [2.45, 2.75) is 96.3 Å². The SMILES string of the molecule is C=CCO[C@@]12Oc3ccc(OCc4cccc(C)n4)cc3[C@H]3[C@H](CCCCO)[C@@H](CCCCO)C=C(C(=NOCc4ccc([N+](=O)[O-])cc4)C[C@@H]1N(Cc1ccc(F)cc1)C(=O)OCC)[C@H]32. The summed E-state index contributed by atoms with van der Waals surface area (Å²) < 4.78 is 40.9. The fourth-order valence-electron chi connectivity index (χ4n) is 9.77. The molecule has 0 bridgehead atoms. The number of carbonyl (C=O) groups excluding carboxylic acids is 1. The lowest BCUT2D eigenvalue weighted by Gasteiger charge is -2.59. The third kappa shape index (κ3) is 10.9. The molecule has 66 heavy (non-hydrogen) atoms. The Balaban J connectivity index is 1.42. The van der Waals surface area contributed by atoms with Crippen LogP contribution in [0.4, 0.5) is 14.9 Å². The maximum absolute atomic E-state index is 14.5. The molecule has 1 aliphatic heterocycles. The number of allylic oxidation sites excluding steroid dienone is 1. The minimum absolute atomic E-state index is 0.00234. The number of ether oxygens (including phenoxy) is 4. The van der Waals surface area contributed by atoms with Gasteiger partial charge in [-0.15, -0.1) is 6.58 Å². The number of nitro groups is 1. The number of fused-ring (bicyclic) bond motifs is 2. The van der Waals surface area contributed by atoms with Crippen molar-refractivity contribution in [1.82, 2.24) is 9.88 Å². The Hall–Kier alpha value is -6.16. The highest BCUT2D eigenvalue weighted by Crippen LogP contribution is 2.62. The first-order valence-corrected chi connectivity index (χ1v) is 22.8. The quantitative estimate of drug-likeness (QED) is 0.0333. The second-order valence-corrected chi connectivity index (χ2v) is 17.0. The summed E-state index contributed by atoms with van der Waals surface area (Å²) in [5.74, 6) is -1.83. The number of non-ortho nitro benzene ring substituents is 1. The fraction of sp³-hybridized carbons (Fsp3) is 0.431. The number of aryl methyl sites for hydroxylation is 1. The van der Waals surface area contributed by atoms with E-state index in [1.165, 1.54) is 24.3 Å².